The fourth-order valence-electron chi connectivity index (χ4n) is 5.44. The SMILES string of the molecule is COc1ccccc1N1CCN(C(=O)[C@H]2CN(C(=O)c3ccc(F)cc3)C[C@@H]2c2ccc(C)cc2)CC1. The number of amides is 2. The van der Waals surface area contributed by atoms with Gasteiger partial charge in [-0.15, -0.1) is 0 Å². The predicted octanol–water partition coefficient (Wildman–Crippen LogP) is 4.35. The number of likely N-dealkylation sites (tertiary alicyclic amines) is 1. The Bertz CT molecular complexity index is 1250. The molecule has 0 radical (unpaired) electrons. The summed E-state index contributed by atoms with van der Waals surface area (Å²) in [7, 11) is 1.67. The molecule has 0 N–H and O–H groups in total. The number of para-hydroxylation sites is 2. The Balaban J connectivity index is 1.33. The molecule has 2 fully saturated rings. The molecule has 0 unspecified atom stereocenters. The van der Waals surface area contributed by atoms with Crippen LogP contribution in [0.5, 0.6) is 5.75 Å². The van der Waals surface area contributed by atoms with E-state index in [4.69, 9.17) is 4.74 Å². The number of aryl methyl sites for hydroxylation is 1. The molecule has 192 valence electrons. The van der Waals surface area contributed by atoms with E-state index in [-0.39, 0.29) is 29.5 Å². The molecule has 5 rings (SSSR count). The van der Waals surface area contributed by atoms with Crippen LogP contribution in [-0.2, 0) is 4.79 Å². The first-order valence-electron chi connectivity index (χ1n) is 12.7. The van der Waals surface area contributed by atoms with Gasteiger partial charge in [-0.25, -0.2) is 4.39 Å². The van der Waals surface area contributed by atoms with Crippen molar-refractivity contribution < 1.29 is 18.7 Å². The molecule has 0 bridgehead atoms. The van der Waals surface area contributed by atoms with Gasteiger partial charge in [0.15, 0.2) is 0 Å². The number of hydrogen-bond acceptors (Lipinski definition) is 4. The van der Waals surface area contributed by atoms with Crippen LogP contribution in [0.3, 0.4) is 0 Å². The van der Waals surface area contributed by atoms with Crippen LogP contribution in [0.15, 0.2) is 72.8 Å². The van der Waals surface area contributed by atoms with Crippen LogP contribution in [0.2, 0.25) is 0 Å². The van der Waals surface area contributed by atoms with Crippen molar-refractivity contribution in [1.29, 1.82) is 0 Å². The molecule has 0 aromatic heterocycles. The van der Waals surface area contributed by atoms with Gasteiger partial charge in [-0.05, 0) is 48.9 Å². The minimum absolute atomic E-state index is 0.0830. The van der Waals surface area contributed by atoms with Gasteiger partial charge in [-0.2, -0.15) is 0 Å². The quantitative estimate of drug-likeness (QED) is 0.522. The first-order chi connectivity index (χ1) is 17.9. The molecule has 2 amide bonds. The van der Waals surface area contributed by atoms with Crippen LogP contribution in [0.1, 0.15) is 27.4 Å². The summed E-state index contributed by atoms with van der Waals surface area (Å²) >= 11 is 0. The Hall–Kier alpha value is -3.87. The van der Waals surface area contributed by atoms with Crippen molar-refractivity contribution in [3.05, 3.63) is 95.3 Å². The summed E-state index contributed by atoms with van der Waals surface area (Å²) in [5.41, 5.74) is 3.68. The van der Waals surface area contributed by atoms with Gasteiger partial charge in [0.25, 0.3) is 5.91 Å². The summed E-state index contributed by atoms with van der Waals surface area (Å²) < 4.78 is 18.9. The maximum atomic E-state index is 13.9. The maximum Gasteiger partial charge on any atom is 0.253 e. The van der Waals surface area contributed by atoms with Gasteiger partial charge in [-0.3, -0.25) is 9.59 Å². The Labute approximate surface area is 217 Å². The number of anilines is 1. The third kappa shape index (κ3) is 5.17. The molecular weight excluding hydrogens is 469 g/mol. The van der Waals surface area contributed by atoms with Gasteiger partial charge in [0.2, 0.25) is 5.91 Å². The predicted molar refractivity (Wildman–Crippen MR) is 142 cm³/mol. The average molecular weight is 502 g/mol. The highest BCUT2D eigenvalue weighted by atomic mass is 19.1. The Kier molecular flexibility index (Phi) is 7.12. The van der Waals surface area contributed by atoms with Crippen molar-refractivity contribution in [2.75, 3.05) is 51.3 Å². The van der Waals surface area contributed by atoms with E-state index in [2.05, 4.69) is 17.0 Å². The fourth-order valence-corrected chi connectivity index (χ4v) is 5.44. The first kappa shape index (κ1) is 24.8. The third-order valence-electron chi connectivity index (χ3n) is 7.54. The number of ether oxygens (including phenoxy) is 1. The Morgan fingerprint density at radius 2 is 1.51 bits per heavy atom. The number of rotatable bonds is 5. The lowest BCUT2D eigenvalue weighted by atomic mass is 9.87. The van der Waals surface area contributed by atoms with E-state index in [1.165, 1.54) is 24.3 Å². The zero-order chi connectivity index (χ0) is 25.9. The van der Waals surface area contributed by atoms with Crippen molar-refractivity contribution in [2.24, 2.45) is 5.92 Å². The topological polar surface area (TPSA) is 53.1 Å². The second-order valence-electron chi connectivity index (χ2n) is 9.82. The lowest BCUT2D eigenvalue weighted by molar-refractivity contribution is -0.135. The van der Waals surface area contributed by atoms with Crippen molar-refractivity contribution in [2.45, 2.75) is 12.8 Å². The van der Waals surface area contributed by atoms with E-state index in [1.807, 2.05) is 48.2 Å². The molecule has 3 aromatic rings. The highest BCUT2D eigenvalue weighted by molar-refractivity contribution is 5.95. The summed E-state index contributed by atoms with van der Waals surface area (Å²) in [5.74, 6) is -0.0639. The van der Waals surface area contributed by atoms with Crippen molar-refractivity contribution in [3.63, 3.8) is 0 Å². The van der Waals surface area contributed by atoms with E-state index < -0.39 is 0 Å². The second-order valence-corrected chi connectivity index (χ2v) is 9.82. The lowest BCUT2D eigenvalue weighted by Gasteiger charge is -2.38. The van der Waals surface area contributed by atoms with Gasteiger partial charge in [0.05, 0.1) is 18.7 Å². The molecule has 3 aromatic carbocycles. The summed E-state index contributed by atoms with van der Waals surface area (Å²) in [4.78, 5) is 33.0. The zero-order valence-electron chi connectivity index (χ0n) is 21.3. The van der Waals surface area contributed by atoms with Crippen LogP contribution >= 0.6 is 0 Å². The van der Waals surface area contributed by atoms with Crippen LogP contribution in [0.4, 0.5) is 10.1 Å². The van der Waals surface area contributed by atoms with Gasteiger partial charge in [-0.1, -0.05) is 42.0 Å². The Morgan fingerprint density at radius 3 is 2.19 bits per heavy atom. The number of benzene rings is 3. The lowest BCUT2D eigenvalue weighted by Crippen LogP contribution is -2.51. The van der Waals surface area contributed by atoms with Crippen LogP contribution < -0.4 is 9.64 Å². The monoisotopic (exact) mass is 501 g/mol. The summed E-state index contributed by atoms with van der Waals surface area (Å²) in [6.07, 6.45) is 0. The average Bonchev–Trinajstić information content (AvgIpc) is 3.38. The number of piperazine rings is 1. The van der Waals surface area contributed by atoms with E-state index in [0.29, 0.717) is 44.8 Å². The number of halogens is 1. The van der Waals surface area contributed by atoms with Crippen molar-refractivity contribution in [1.82, 2.24) is 9.80 Å². The van der Waals surface area contributed by atoms with E-state index >= 15 is 0 Å². The molecule has 37 heavy (non-hydrogen) atoms. The number of carbonyl (C=O) groups excluding carboxylic acids is 2. The number of nitrogens with zero attached hydrogens (tertiary/aromatic N) is 3. The standard InChI is InChI=1S/C30H32FN3O3/c1-21-7-9-22(10-8-21)25-19-34(29(35)23-11-13-24(31)14-12-23)20-26(25)30(36)33-17-15-32(16-18-33)27-5-3-4-6-28(27)37-2/h3-14,25-26H,15-20H2,1-2H3/t25-,26+/m1/s1. The van der Waals surface area contributed by atoms with E-state index in [9.17, 15) is 14.0 Å². The van der Waals surface area contributed by atoms with Crippen LogP contribution in [0, 0.1) is 18.7 Å². The third-order valence-corrected chi connectivity index (χ3v) is 7.54. The highest BCUT2D eigenvalue weighted by Gasteiger charge is 2.42. The van der Waals surface area contributed by atoms with Gasteiger partial charge >= 0.3 is 0 Å². The molecule has 0 spiro atoms. The first-order valence-corrected chi connectivity index (χ1v) is 12.7. The number of hydrogen-bond donors (Lipinski definition) is 0. The summed E-state index contributed by atoms with van der Waals surface area (Å²) in [6, 6.07) is 21.8. The van der Waals surface area contributed by atoms with Gasteiger partial charge in [0, 0.05) is 50.7 Å². The molecule has 2 heterocycles. The van der Waals surface area contributed by atoms with Crippen molar-refractivity contribution >= 4 is 17.5 Å². The summed E-state index contributed by atoms with van der Waals surface area (Å²) in [6.45, 7) is 5.49. The fraction of sp³-hybridized carbons (Fsp3) is 0.333. The highest BCUT2D eigenvalue weighted by Crippen LogP contribution is 2.36. The summed E-state index contributed by atoms with van der Waals surface area (Å²) in [5, 5.41) is 0. The van der Waals surface area contributed by atoms with Gasteiger partial charge < -0.3 is 19.4 Å². The molecule has 2 saturated heterocycles. The number of methoxy groups -OCH3 is 1. The molecule has 0 saturated carbocycles. The minimum atomic E-state index is -0.379. The maximum absolute atomic E-state index is 13.9. The van der Waals surface area contributed by atoms with E-state index in [0.717, 1.165) is 22.6 Å². The molecule has 7 heteroatoms. The van der Waals surface area contributed by atoms with Crippen molar-refractivity contribution in [3.8, 4) is 5.75 Å². The Morgan fingerprint density at radius 1 is 0.838 bits per heavy atom. The van der Waals surface area contributed by atoms with Gasteiger partial charge in [0.1, 0.15) is 11.6 Å². The molecule has 2 aliphatic heterocycles. The smallest absolute Gasteiger partial charge is 0.253 e. The van der Waals surface area contributed by atoms with E-state index in [1.54, 1.807) is 12.0 Å². The largest absolute Gasteiger partial charge is 0.495 e. The van der Waals surface area contributed by atoms with Crippen LogP contribution in [-0.4, -0.2) is 68.0 Å². The molecule has 6 nitrogen and oxygen atoms in total. The number of carbonyl (C=O) groups is 2. The second kappa shape index (κ2) is 10.6. The molecule has 0 aliphatic carbocycles. The molecular formula is C30H32FN3O3. The minimum Gasteiger partial charge on any atom is -0.495 e. The zero-order valence-corrected chi connectivity index (χ0v) is 21.3. The molecule has 2 aliphatic rings. The molecule has 2 atom stereocenters. The van der Waals surface area contributed by atoms with Crippen LogP contribution in [0.25, 0.3) is 0 Å². The normalized spacial score (nSPS) is 19.7.